The van der Waals surface area contributed by atoms with Crippen molar-refractivity contribution in [2.45, 2.75) is 32.2 Å². The zero-order valence-electron chi connectivity index (χ0n) is 14.7. The molecule has 3 rings (SSSR count). The highest BCUT2D eigenvalue weighted by atomic mass is 19.1. The number of nitrogens with one attached hydrogen (secondary N) is 1. The second kappa shape index (κ2) is 8.61. The lowest BCUT2D eigenvalue weighted by Crippen LogP contribution is -2.36. The van der Waals surface area contributed by atoms with Gasteiger partial charge in [0.25, 0.3) is 0 Å². The van der Waals surface area contributed by atoms with Crippen LogP contribution >= 0.6 is 0 Å². The van der Waals surface area contributed by atoms with Crippen LogP contribution in [0.1, 0.15) is 29.5 Å². The highest BCUT2D eigenvalue weighted by molar-refractivity contribution is 5.83. The van der Waals surface area contributed by atoms with Crippen molar-refractivity contribution in [3.8, 4) is 0 Å². The van der Waals surface area contributed by atoms with Crippen LogP contribution in [0.25, 0.3) is 0 Å². The number of rotatable bonds is 6. The lowest BCUT2D eigenvalue weighted by atomic mass is 9.99. The van der Waals surface area contributed by atoms with Crippen LogP contribution in [0.15, 0.2) is 48.5 Å². The van der Waals surface area contributed by atoms with Crippen molar-refractivity contribution in [3.05, 3.63) is 71.0 Å². The molecule has 0 aromatic heterocycles. The summed E-state index contributed by atoms with van der Waals surface area (Å²) in [6, 6.07) is 14.4. The second-order valence-corrected chi connectivity index (χ2v) is 6.56. The molecule has 0 aliphatic carbocycles. The SMILES string of the molecule is O=C(CCC(=O)N1CCc2ccccc2C1)NCCc1ccc(F)cc1. The van der Waals surface area contributed by atoms with Crippen LogP contribution < -0.4 is 5.32 Å². The minimum atomic E-state index is -0.267. The van der Waals surface area contributed by atoms with E-state index in [1.807, 2.05) is 17.0 Å². The topological polar surface area (TPSA) is 49.4 Å². The van der Waals surface area contributed by atoms with E-state index < -0.39 is 0 Å². The first-order valence-corrected chi connectivity index (χ1v) is 8.97. The van der Waals surface area contributed by atoms with Gasteiger partial charge in [-0.2, -0.15) is 0 Å². The van der Waals surface area contributed by atoms with Crippen LogP contribution in [0, 0.1) is 5.82 Å². The number of halogens is 1. The van der Waals surface area contributed by atoms with Crippen LogP contribution in [-0.4, -0.2) is 29.8 Å². The van der Waals surface area contributed by atoms with Crippen LogP contribution in [-0.2, 0) is 29.0 Å². The van der Waals surface area contributed by atoms with Gasteiger partial charge in [0, 0.05) is 32.5 Å². The van der Waals surface area contributed by atoms with Crippen molar-refractivity contribution in [2.75, 3.05) is 13.1 Å². The van der Waals surface area contributed by atoms with Gasteiger partial charge < -0.3 is 10.2 Å². The highest BCUT2D eigenvalue weighted by Gasteiger charge is 2.20. The molecular formula is C21H23FN2O2. The number of nitrogens with zero attached hydrogens (tertiary/aromatic N) is 1. The number of carbonyl (C=O) groups is 2. The van der Waals surface area contributed by atoms with E-state index in [0.717, 1.165) is 12.0 Å². The Morgan fingerprint density at radius 2 is 1.73 bits per heavy atom. The van der Waals surface area contributed by atoms with Crippen molar-refractivity contribution >= 4 is 11.8 Å². The van der Waals surface area contributed by atoms with E-state index in [4.69, 9.17) is 0 Å². The summed E-state index contributed by atoms with van der Waals surface area (Å²) >= 11 is 0. The maximum Gasteiger partial charge on any atom is 0.223 e. The van der Waals surface area contributed by atoms with E-state index in [2.05, 4.69) is 17.4 Å². The molecule has 26 heavy (non-hydrogen) atoms. The molecule has 1 heterocycles. The number of carbonyl (C=O) groups excluding carboxylic acids is 2. The smallest absolute Gasteiger partial charge is 0.223 e. The lowest BCUT2D eigenvalue weighted by Gasteiger charge is -2.28. The molecule has 0 saturated heterocycles. The predicted molar refractivity (Wildman–Crippen MR) is 97.9 cm³/mol. The zero-order valence-corrected chi connectivity index (χ0v) is 14.7. The first kappa shape index (κ1) is 18.1. The first-order valence-electron chi connectivity index (χ1n) is 8.97. The normalized spacial score (nSPS) is 13.2. The number of hydrogen-bond acceptors (Lipinski definition) is 2. The third-order valence-corrected chi connectivity index (χ3v) is 4.70. The standard InChI is InChI=1S/C21H23FN2O2/c22-19-7-5-16(6-8-19)11-13-23-20(25)9-10-21(26)24-14-12-17-3-1-2-4-18(17)15-24/h1-8H,9-15H2,(H,23,25). The van der Waals surface area contributed by atoms with Crippen molar-refractivity contribution in [1.29, 1.82) is 0 Å². The molecule has 0 unspecified atom stereocenters. The quantitative estimate of drug-likeness (QED) is 0.867. The van der Waals surface area contributed by atoms with Crippen LogP contribution in [0.3, 0.4) is 0 Å². The first-order chi connectivity index (χ1) is 12.6. The summed E-state index contributed by atoms with van der Waals surface area (Å²) < 4.78 is 12.8. The molecule has 0 saturated carbocycles. The molecule has 2 aromatic carbocycles. The van der Waals surface area contributed by atoms with Gasteiger partial charge in [0.05, 0.1) is 0 Å². The van der Waals surface area contributed by atoms with Gasteiger partial charge in [0.1, 0.15) is 5.82 Å². The summed E-state index contributed by atoms with van der Waals surface area (Å²) in [5.74, 6) is -0.373. The molecule has 1 N–H and O–H groups in total. The molecule has 136 valence electrons. The molecule has 5 heteroatoms. The van der Waals surface area contributed by atoms with E-state index in [0.29, 0.717) is 26.1 Å². The Labute approximate surface area is 153 Å². The lowest BCUT2D eigenvalue weighted by molar-refractivity contribution is -0.134. The Hall–Kier alpha value is -2.69. The minimum Gasteiger partial charge on any atom is -0.356 e. The third-order valence-electron chi connectivity index (χ3n) is 4.70. The molecular weight excluding hydrogens is 331 g/mol. The molecule has 1 aliphatic heterocycles. The van der Waals surface area contributed by atoms with E-state index >= 15 is 0 Å². The van der Waals surface area contributed by atoms with Crippen LogP contribution in [0.5, 0.6) is 0 Å². The molecule has 4 nitrogen and oxygen atoms in total. The Balaban J connectivity index is 1.37. The summed E-state index contributed by atoms with van der Waals surface area (Å²) in [5, 5.41) is 2.82. The molecule has 0 bridgehead atoms. The van der Waals surface area contributed by atoms with E-state index in [-0.39, 0.29) is 30.5 Å². The predicted octanol–water partition coefficient (Wildman–Crippen LogP) is 2.85. The zero-order chi connectivity index (χ0) is 18.4. The number of hydrogen-bond donors (Lipinski definition) is 1. The Kier molecular flexibility index (Phi) is 6.00. The Morgan fingerprint density at radius 1 is 1.00 bits per heavy atom. The number of amides is 2. The van der Waals surface area contributed by atoms with Gasteiger partial charge in [0.15, 0.2) is 0 Å². The maximum absolute atomic E-state index is 12.8. The fourth-order valence-electron chi connectivity index (χ4n) is 3.17. The van der Waals surface area contributed by atoms with E-state index in [9.17, 15) is 14.0 Å². The molecule has 2 amide bonds. The van der Waals surface area contributed by atoms with Gasteiger partial charge in [-0.05, 0) is 41.7 Å². The monoisotopic (exact) mass is 354 g/mol. The van der Waals surface area contributed by atoms with Gasteiger partial charge in [-0.1, -0.05) is 36.4 Å². The van der Waals surface area contributed by atoms with Crippen molar-refractivity contribution in [1.82, 2.24) is 10.2 Å². The fourth-order valence-corrected chi connectivity index (χ4v) is 3.17. The fraction of sp³-hybridized carbons (Fsp3) is 0.333. The molecule has 0 fully saturated rings. The molecule has 1 aliphatic rings. The average Bonchev–Trinajstić information content (AvgIpc) is 2.67. The highest BCUT2D eigenvalue weighted by Crippen LogP contribution is 2.19. The maximum atomic E-state index is 12.8. The van der Waals surface area contributed by atoms with Gasteiger partial charge in [0.2, 0.25) is 11.8 Å². The average molecular weight is 354 g/mol. The largest absolute Gasteiger partial charge is 0.356 e. The number of fused-ring (bicyclic) bond motifs is 1. The van der Waals surface area contributed by atoms with Crippen molar-refractivity contribution in [2.24, 2.45) is 0 Å². The summed E-state index contributed by atoms with van der Waals surface area (Å²) in [5.41, 5.74) is 3.46. The summed E-state index contributed by atoms with van der Waals surface area (Å²) in [4.78, 5) is 26.1. The van der Waals surface area contributed by atoms with Crippen LogP contribution in [0.2, 0.25) is 0 Å². The Bertz CT molecular complexity index is 774. The van der Waals surface area contributed by atoms with Gasteiger partial charge >= 0.3 is 0 Å². The summed E-state index contributed by atoms with van der Waals surface area (Å²) in [7, 11) is 0. The van der Waals surface area contributed by atoms with E-state index in [1.54, 1.807) is 12.1 Å². The molecule has 2 aromatic rings. The summed E-state index contributed by atoms with van der Waals surface area (Å²) in [6.07, 6.45) is 1.93. The van der Waals surface area contributed by atoms with Crippen molar-refractivity contribution in [3.63, 3.8) is 0 Å². The third kappa shape index (κ3) is 4.91. The van der Waals surface area contributed by atoms with E-state index in [1.165, 1.54) is 23.3 Å². The van der Waals surface area contributed by atoms with Crippen molar-refractivity contribution < 1.29 is 14.0 Å². The minimum absolute atomic E-state index is 0.0215. The summed E-state index contributed by atoms with van der Waals surface area (Å²) in [6.45, 7) is 1.82. The van der Waals surface area contributed by atoms with Crippen LogP contribution in [0.4, 0.5) is 4.39 Å². The molecule has 0 radical (unpaired) electrons. The molecule has 0 spiro atoms. The second-order valence-electron chi connectivity index (χ2n) is 6.56. The molecule has 0 atom stereocenters. The number of benzene rings is 2. The van der Waals surface area contributed by atoms with Gasteiger partial charge in [-0.15, -0.1) is 0 Å². The van der Waals surface area contributed by atoms with Gasteiger partial charge in [-0.3, -0.25) is 9.59 Å². The Morgan fingerprint density at radius 3 is 2.50 bits per heavy atom. The van der Waals surface area contributed by atoms with Gasteiger partial charge in [-0.25, -0.2) is 4.39 Å².